The van der Waals surface area contributed by atoms with Crippen molar-refractivity contribution in [3.05, 3.63) is 76.9 Å². The van der Waals surface area contributed by atoms with Crippen molar-refractivity contribution in [3.63, 3.8) is 0 Å². The summed E-state index contributed by atoms with van der Waals surface area (Å²) < 4.78 is 6.52. The second-order valence-corrected chi connectivity index (χ2v) is 15.0. The van der Waals surface area contributed by atoms with Crippen molar-refractivity contribution in [1.82, 2.24) is 4.90 Å². The summed E-state index contributed by atoms with van der Waals surface area (Å²) in [6, 6.07) is 19.0. The van der Waals surface area contributed by atoms with Crippen LogP contribution in [0, 0.1) is 0 Å². The molecule has 0 spiro atoms. The summed E-state index contributed by atoms with van der Waals surface area (Å²) in [7, 11) is -1.88. The van der Waals surface area contributed by atoms with E-state index in [0.717, 1.165) is 43.8 Å². The Labute approximate surface area is 189 Å². The van der Waals surface area contributed by atoms with Gasteiger partial charge in [0.15, 0.2) is 5.78 Å². The maximum Gasteiger partial charge on any atom is 0.250 e. The Bertz CT molecular complexity index is 941. The average Bonchev–Trinajstić information content (AvgIpc) is 2.68. The average molecular weight is 436 g/mol. The molecule has 0 atom stereocenters. The van der Waals surface area contributed by atoms with Crippen molar-refractivity contribution in [3.8, 4) is 5.75 Å². The van der Waals surface area contributed by atoms with Gasteiger partial charge in [-0.05, 0) is 72.3 Å². The van der Waals surface area contributed by atoms with E-state index < -0.39 is 8.32 Å². The molecule has 1 heterocycles. The van der Waals surface area contributed by atoms with Crippen LogP contribution < -0.4 is 4.43 Å². The molecule has 4 heteroatoms. The Kier molecular flexibility index (Phi) is 7.23. The molecule has 0 radical (unpaired) electrons. The van der Waals surface area contributed by atoms with Gasteiger partial charge in [-0.25, -0.2) is 0 Å². The second kappa shape index (κ2) is 9.54. The predicted molar refractivity (Wildman–Crippen MR) is 132 cm³/mol. The topological polar surface area (TPSA) is 29.5 Å². The zero-order valence-corrected chi connectivity index (χ0v) is 21.0. The van der Waals surface area contributed by atoms with Crippen molar-refractivity contribution < 1.29 is 9.22 Å². The Balaban J connectivity index is 1.77. The first kappa shape index (κ1) is 23.5. The highest BCUT2D eigenvalue weighted by atomic mass is 28.4. The molecular formula is C27H37NO2Si. The van der Waals surface area contributed by atoms with Gasteiger partial charge in [0.25, 0.3) is 0 Å². The van der Waals surface area contributed by atoms with Gasteiger partial charge in [-0.1, -0.05) is 63.2 Å². The number of benzene rings is 2. The molecule has 0 saturated carbocycles. The minimum Gasteiger partial charge on any atom is -0.543 e. The molecule has 3 rings (SSSR count). The third-order valence-electron chi connectivity index (χ3n) is 6.69. The van der Waals surface area contributed by atoms with Gasteiger partial charge in [0.05, 0.1) is 0 Å². The first-order valence-corrected chi connectivity index (χ1v) is 14.2. The highest BCUT2D eigenvalue weighted by molar-refractivity contribution is 6.74. The number of carbonyl (C=O) groups excluding carboxylic acids is 1. The predicted octanol–water partition coefficient (Wildman–Crippen LogP) is 6.40. The van der Waals surface area contributed by atoms with E-state index in [2.05, 4.69) is 93.4 Å². The molecule has 0 N–H and O–H groups in total. The lowest BCUT2D eigenvalue weighted by Crippen LogP contribution is -2.43. The van der Waals surface area contributed by atoms with Crippen LogP contribution in [-0.4, -0.2) is 32.1 Å². The Morgan fingerprint density at radius 1 is 1.03 bits per heavy atom. The van der Waals surface area contributed by atoms with Gasteiger partial charge in [-0.15, -0.1) is 0 Å². The van der Waals surface area contributed by atoms with Crippen LogP contribution in [0.5, 0.6) is 5.75 Å². The lowest BCUT2D eigenvalue weighted by molar-refractivity contribution is -0.114. The van der Waals surface area contributed by atoms with Gasteiger partial charge in [0.1, 0.15) is 5.75 Å². The van der Waals surface area contributed by atoms with Crippen LogP contribution in [0.25, 0.3) is 0 Å². The van der Waals surface area contributed by atoms with Crippen LogP contribution in [-0.2, 0) is 17.8 Å². The van der Waals surface area contributed by atoms with Crippen LogP contribution in [0.1, 0.15) is 45.2 Å². The lowest BCUT2D eigenvalue weighted by Gasteiger charge is -2.36. The number of hydrogen-bond acceptors (Lipinski definition) is 3. The number of hydrogen-bond donors (Lipinski definition) is 0. The van der Waals surface area contributed by atoms with E-state index in [9.17, 15) is 4.79 Å². The van der Waals surface area contributed by atoms with E-state index in [1.165, 1.54) is 16.7 Å². The highest BCUT2D eigenvalue weighted by Gasteiger charge is 2.39. The van der Waals surface area contributed by atoms with E-state index in [1.54, 1.807) is 6.92 Å². The minimum atomic E-state index is -1.88. The summed E-state index contributed by atoms with van der Waals surface area (Å²) in [5.41, 5.74) is 4.80. The van der Waals surface area contributed by atoms with E-state index >= 15 is 0 Å². The number of nitrogens with zero attached hydrogens (tertiary/aromatic N) is 1. The van der Waals surface area contributed by atoms with Crippen molar-refractivity contribution in [2.75, 3.05) is 13.1 Å². The lowest BCUT2D eigenvalue weighted by atomic mass is 9.92. The van der Waals surface area contributed by atoms with Crippen LogP contribution >= 0.6 is 0 Å². The number of carbonyl (C=O) groups is 1. The van der Waals surface area contributed by atoms with E-state index in [4.69, 9.17) is 4.43 Å². The van der Waals surface area contributed by atoms with Crippen LogP contribution in [0.4, 0.5) is 0 Å². The molecule has 31 heavy (non-hydrogen) atoms. The fourth-order valence-electron chi connectivity index (χ4n) is 3.87. The van der Waals surface area contributed by atoms with Gasteiger partial charge in [0.2, 0.25) is 8.32 Å². The molecule has 1 aliphatic rings. The summed E-state index contributed by atoms with van der Waals surface area (Å²) in [5, 5.41) is 0.161. The minimum absolute atomic E-state index is 0.161. The molecule has 2 aromatic rings. The molecule has 3 nitrogen and oxygen atoms in total. The van der Waals surface area contributed by atoms with E-state index in [0.29, 0.717) is 0 Å². The van der Waals surface area contributed by atoms with Gasteiger partial charge in [-0.3, -0.25) is 9.69 Å². The van der Waals surface area contributed by atoms with Crippen molar-refractivity contribution in [2.24, 2.45) is 0 Å². The summed E-state index contributed by atoms with van der Waals surface area (Å²) >= 11 is 0. The molecule has 2 aromatic carbocycles. The quantitative estimate of drug-likeness (QED) is 0.471. The van der Waals surface area contributed by atoms with Crippen LogP contribution in [0.3, 0.4) is 0 Å². The number of Topliss-reactive ketones (excluding diaryl/α,β-unsaturated/α-hetero) is 1. The van der Waals surface area contributed by atoms with Gasteiger partial charge >= 0.3 is 0 Å². The number of rotatable bonds is 7. The molecule has 1 aliphatic heterocycles. The molecule has 0 unspecified atom stereocenters. The van der Waals surface area contributed by atoms with Crippen LogP contribution in [0.2, 0.25) is 18.1 Å². The fourth-order valence-corrected chi connectivity index (χ4v) is 4.89. The molecule has 0 aliphatic carbocycles. The van der Waals surface area contributed by atoms with Crippen molar-refractivity contribution in [2.45, 2.75) is 65.2 Å². The smallest absolute Gasteiger partial charge is 0.250 e. The normalized spacial score (nSPS) is 15.8. The maximum absolute atomic E-state index is 12.3. The van der Waals surface area contributed by atoms with Crippen molar-refractivity contribution >= 4 is 14.1 Å². The molecule has 0 bridgehead atoms. The Hall–Kier alpha value is -2.17. The molecular weight excluding hydrogens is 398 g/mol. The van der Waals surface area contributed by atoms with Gasteiger partial charge in [0, 0.05) is 19.6 Å². The maximum atomic E-state index is 12.3. The molecule has 0 fully saturated rings. The first-order chi connectivity index (χ1) is 14.5. The summed E-state index contributed by atoms with van der Waals surface area (Å²) in [6.07, 6.45) is 1.63. The molecule has 0 saturated heterocycles. The van der Waals surface area contributed by atoms with Gasteiger partial charge < -0.3 is 4.43 Å². The molecule has 0 aromatic heterocycles. The number of ketones is 1. The zero-order chi connectivity index (χ0) is 22.6. The standard InChI is InChI=1S/C27H37NO2Si/c1-21(29)26-15-16-28(19-22-11-8-7-9-12-22)20-24(26)17-23-13-10-14-25(18-23)30-31(5,6)27(2,3)4/h7-14,18H,15-17,19-20H2,1-6H3. The molecule has 0 amide bonds. The summed E-state index contributed by atoms with van der Waals surface area (Å²) in [4.78, 5) is 14.8. The highest BCUT2D eigenvalue weighted by Crippen LogP contribution is 2.37. The van der Waals surface area contributed by atoms with Gasteiger partial charge in [-0.2, -0.15) is 0 Å². The van der Waals surface area contributed by atoms with Crippen molar-refractivity contribution in [1.29, 1.82) is 0 Å². The monoisotopic (exact) mass is 435 g/mol. The molecule has 166 valence electrons. The SMILES string of the molecule is CC(=O)C1=C(Cc2cccc(O[Si](C)(C)C(C)(C)C)c2)CN(Cc2ccccc2)CC1. The second-order valence-electron chi connectivity index (χ2n) is 10.3. The summed E-state index contributed by atoms with van der Waals surface area (Å²) in [6.45, 7) is 15.7. The Morgan fingerprint density at radius 2 is 1.71 bits per heavy atom. The third kappa shape index (κ3) is 6.17. The third-order valence-corrected chi connectivity index (χ3v) is 11.0. The fraction of sp³-hybridized carbons (Fsp3) is 0.444. The zero-order valence-electron chi connectivity index (χ0n) is 20.0. The largest absolute Gasteiger partial charge is 0.543 e. The summed E-state index contributed by atoms with van der Waals surface area (Å²) in [5.74, 6) is 1.16. The van der Waals surface area contributed by atoms with E-state index in [1.807, 2.05) is 0 Å². The van der Waals surface area contributed by atoms with Crippen LogP contribution in [0.15, 0.2) is 65.7 Å². The first-order valence-electron chi connectivity index (χ1n) is 11.3. The van der Waals surface area contributed by atoms with E-state index in [-0.39, 0.29) is 10.8 Å². The Morgan fingerprint density at radius 3 is 2.35 bits per heavy atom.